The van der Waals surface area contributed by atoms with Crippen LogP contribution >= 0.6 is 0 Å². The van der Waals surface area contributed by atoms with Crippen LogP contribution in [0.1, 0.15) is 26.6 Å². The number of hydrogen-bond donors (Lipinski definition) is 0. The molecule has 3 atom stereocenters. The van der Waals surface area contributed by atoms with Crippen LogP contribution in [0.2, 0.25) is 0 Å². The van der Waals surface area contributed by atoms with E-state index in [-0.39, 0.29) is 18.5 Å². The lowest BCUT2D eigenvalue weighted by molar-refractivity contribution is 0.693. The second-order valence-corrected chi connectivity index (χ2v) is 2.32. The van der Waals surface area contributed by atoms with Gasteiger partial charge in [0.2, 0.25) is 0 Å². The van der Waals surface area contributed by atoms with E-state index in [1.165, 1.54) is 0 Å². The molecule has 2 rings (SSSR count). The smallest absolute Gasteiger partial charge is 0.0579 e. The first-order chi connectivity index (χ1) is 6.38. The Labute approximate surface area is 63.3 Å². The molecule has 3 unspecified atom stereocenters. The summed E-state index contributed by atoms with van der Waals surface area (Å²) >= 11 is 0. The largest absolute Gasteiger partial charge is 0.0878 e. The first kappa shape index (κ1) is 2.26. The Bertz CT molecular complexity index is 358. The third-order valence-electron chi connectivity index (χ3n) is 1.73. The molecule has 0 aromatic rings. The second kappa shape index (κ2) is 1.73. The summed E-state index contributed by atoms with van der Waals surface area (Å²) in [6.45, 7) is 1.73. The highest BCUT2D eigenvalue weighted by molar-refractivity contribution is 5.26. The van der Waals surface area contributed by atoms with Crippen LogP contribution in [0, 0.1) is 11.8 Å². The van der Waals surface area contributed by atoms with Gasteiger partial charge < -0.3 is 0 Å². The summed E-state index contributed by atoms with van der Waals surface area (Å²) < 4.78 is 39.0. The van der Waals surface area contributed by atoms with Gasteiger partial charge in [-0.3, -0.25) is 0 Å². The molecule has 0 aromatic heterocycles. The maximum atomic E-state index is 8.05. The van der Waals surface area contributed by atoms with Crippen LogP contribution in [0.15, 0.2) is 23.8 Å². The fourth-order valence-electron chi connectivity index (χ4n) is 1.23. The van der Waals surface area contributed by atoms with E-state index in [1.54, 1.807) is 13.0 Å². The number of hydrogen-bond acceptors (Lipinski definition) is 0. The van der Waals surface area contributed by atoms with E-state index >= 15 is 0 Å². The quantitative estimate of drug-likeness (QED) is 0.436. The van der Waals surface area contributed by atoms with E-state index in [0.29, 0.717) is 5.57 Å². The predicted molar refractivity (Wildman–Crippen MR) is 39.1 cm³/mol. The summed E-state index contributed by atoms with van der Waals surface area (Å²) in [6.07, 6.45) is 0.916. The summed E-state index contributed by atoms with van der Waals surface area (Å²) in [6, 6.07) is -0.234. The summed E-state index contributed by atoms with van der Waals surface area (Å²) in [5, 5.41) is 0. The van der Waals surface area contributed by atoms with Crippen LogP contribution in [-0.4, -0.2) is 0 Å². The van der Waals surface area contributed by atoms with Gasteiger partial charge in [0.25, 0.3) is 0 Å². The van der Waals surface area contributed by atoms with E-state index < -0.39 is 18.2 Å². The van der Waals surface area contributed by atoms with Gasteiger partial charge in [-0.2, -0.15) is 0 Å². The minimum atomic E-state index is -1.35. The predicted octanol–water partition coefficient (Wildman–Crippen LogP) is 2.53. The molecule has 0 aliphatic heterocycles. The van der Waals surface area contributed by atoms with Crippen molar-refractivity contribution in [1.29, 1.82) is 0 Å². The van der Waals surface area contributed by atoms with Crippen LogP contribution in [0.4, 0.5) is 0 Å². The van der Waals surface area contributed by atoms with Gasteiger partial charge in [-0.05, 0) is 31.5 Å². The minimum Gasteiger partial charge on any atom is -0.0878 e. The molecule has 0 saturated heterocycles. The summed E-state index contributed by atoms with van der Waals surface area (Å²) in [5.74, 6) is -2.61. The van der Waals surface area contributed by atoms with Crippen molar-refractivity contribution >= 4 is 0 Å². The first-order valence-electron chi connectivity index (χ1n) is 5.73. The molecule has 0 heterocycles. The molecule has 0 aromatic carbocycles. The Morgan fingerprint density at radius 1 is 2.00 bits per heavy atom. The van der Waals surface area contributed by atoms with Crippen LogP contribution in [0.5, 0.6) is 0 Å². The van der Waals surface area contributed by atoms with Gasteiger partial charge >= 0.3 is 0 Å². The van der Waals surface area contributed by atoms with Crippen LogP contribution in [0.25, 0.3) is 0 Å². The highest BCUT2D eigenvalue weighted by Crippen LogP contribution is 2.42. The third-order valence-corrected chi connectivity index (χ3v) is 1.73. The molecule has 2 aliphatic carbocycles. The Balaban J connectivity index is 2.66. The van der Waals surface area contributed by atoms with Gasteiger partial charge in [0.1, 0.15) is 0 Å². The van der Waals surface area contributed by atoms with Gasteiger partial charge in [0, 0.05) is 4.11 Å². The normalized spacial score (nSPS) is 77.7. The van der Waals surface area contributed by atoms with Crippen molar-refractivity contribution in [2.24, 2.45) is 11.8 Å². The lowest BCUT2D eigenvalue weighted by Crippen LogP contribution is -1.90. The molecule has 0 N–H and O–H groups in total. The fraction of sp³-hybridized carbons (Fsp3) is 0.556. The molecule has 2 aliphatic rings. The van der Waals surface area contributed by atoms with Gasteiger partial charge in [-0.25, -0.2) is 0 Å². The Kier molecular flexibility index (Phi) is 0.435. The zero-order chi connectivity index (χ0) is 10.7. The number of rotatable bonds is 0. The monoisotopic (exact) mass is 125 g/mol. The zero-order valence-electron chi connectivity index (χ0n) is 10.4. The van der Waals surface area contributed by atoms with Gasteiger partial charge in [0.15, 0.2) is 0 Å². The van der Waals surface area contributed by atoms with Crippen molar-refractivity contribution in [3.63, 3.8) is 0 Å². The minimum absolute atomic E-state index is 0.0934. The lowest BCUT2D eigenvalue weighted by atomic mass is 10.0. The molecule has 48 valence electrons. The summed E-state index contributed by atoms with van der Waals surface area (Å²) in [7, 11) is 0. The molecule has 2 bridgehead atoms. The average Bonchev–Trinajstić information content (AvgIpc) is 2.43. The van der Waals surface area contributed by atoms with E-state index in [1.807, 2.05) is 0 Å². The van der Waals surface area contributed by atoms with E-state index in [4.69, 9.17) is 6.85 Å². The van der Waals surface area contributed by atoms with Crippen molar-refractivity contribution in [2.45, 2.75) is 19.7 Å². The first-order valence-corrected chi connectivity index (χ1v) is 3.15. The van der Waals surface area contributed by atoms with Crippen LogP contribution < -0.4 is 0 Å². The SMILES string of the molecule is [2H]C1=C([2H])C2([2H])CC1([2H])C(=CC)C2[2H]. The van der Waals surface area contributed by atoms with Gasteiger partial charge in [-0.1, -0.05) is 23.8 Å². The zero-order valence-corrected chi connectivity index (χ0v) is 5.36. The fourth-order valence-corrected chi connectivity index (χ4v) is 1.23. The van der Waals surface area contributed by atoms with Crippen LogP contribution in [-0.2, 0) is 0 Å². The molecule has 0 heteroatoms. The maximum absolute atomic E-state index is 8.05. The third kappa shape index (κ3) is 0.658. The van der Waals surface area contributed by atoms with Gasteiger partial charge in [0.05, 0.1) is 2.74 Å². The lowest BCUT2D eigenvalue weighted by Gasteiger charge is -2.05. The van der Waals surface area contributed by atoms with E-state index in [9.17, 15) is 0 Å². The molecular formula is C9H12. The van der Waals surface area contributed by atoms with Crippen molar-refractivity contribution in [1.82, 2.24) is 0 Å². The second-order valence-electron chi connectivity index (χ2n) is 2.32. The van der Waals surface area contributed by atoms with Gasteiger partial charge in [-0.15, -0.1) is 0 Å². The molecule has 1 fully saturated rings. The van der Waals surface area contributed by atoms with Crippen molar-refractivity contribution < 1.29 is 6.85 Å². The standard InChI is InChI=1S/C9H12/c1-2-8-5-7-3-4-9(8)6-7/h2-4,7,9H,5-6H2,1H3/i3D,4D,5D,7D,9D. The Hall–Kier alpha value is -0.520. The molecule has 0 nitrogen and oxygen atoms in total. The van der Waals surface area contributed by atoms with E-state index in [0.717, 1.165) is 0 Å². The molecule has 0 spiro atoms. The highest BCUT2D eigenvalue weighted by atomic mass is 14.3. The average molecular weight is 125 g/mol. The Morgan fingerprint density at radius 2 is 2.89 bits per heavy atom. The summed E-state index contributed by atoms with van der Waals surface area (Å²) in [4.78, 5) is 0. The Morgan fingerprint density at radius 3 is 3.56 bits per heavy atom. The van der Waals surface area contributed by atoms with Crippen molar-refractivity contribution in [2.75, 3.05) is 0 Å². The molecule has 0 amide bonds. The molecule has 0 radical (unpaired) electrons. The highest BCUT2D eigenvalue weighted by Gasteiger charge is 2.29. The number of fused-ring (bicyclic) bond motifs is 2. The maximum Gasteiger partial charge on any atom is 0.0579 e. The van der Waals surface area contributed by atoms with Crippen LogP contribution in [0.3, 0.4) is 0 Å². The van der Waals surface area contributed by atoms with Crippen molar-refractivity contribution in [3.8, 4) is 0 Å². The molecular weight excluding hydrogens is 108 g/mol. The van der Waals surface area contributed by atoms with E-state index in [2.05, 4.69) is 0 Å². The molecule has 1 saturated carbocycles. The summed E-state index contributed by atoms with van der Waals surface area (Å²) in [5.41, 5.74) is 0.508. The topological polar surface area (TPSA) is 0 Å². The number of allylic oxidation sites excluding steroid dienone is 4. The van der Waals surface area contributed by atoms with Crippen molar-refractivity contribution in [3.05, 3.63) is 23.8 Å². The molecule has 9 heavy (non-hydrogen) atoms.